The van der Waals surface area contributed by atoms with Crippen molar-refractivity contribution in [1.29, 1.82) is 0 Å². The van der Waals surface area contributed by atoms with E-state index in [0.717, 1.165) is 53.0 Å². The maximum atomic E-state index is 6.11. The minimum atomic E-state index is 0.524. The minimum absolute atomic E-state index is 0.524. The Morgan fingerprint density at radius 3 is 2.71 bits per heavy atom. The molecule has 0 fully saturated rings. The topological polar surface area (TPSA) is 78.7 Å². The highest BCUT2D eigenvalue weighted by Gasteiger charge is 2.12. The summed E-state index contributed by atoms with van der Waals surface area (Å²) in [5, 5.41) is 14.6. The van der Waals surface area contributed by atoms with Gasteiger partial charge in [-0.05, 0) is 28.1 Å². The second kappa shape index (κ2) is 10.7. The van der Waals surface area contributed by atoms with Crippen molar-refractivity contribution in [2.45, 2.75) is 24.7 Å². The molecule has 0 aliphatic rings. The van der Waals surface area contributed by atoms with Crippen molar-refractivity contribution in [3.05, 3.63) is 59.7 Å². The van der Waals surface area contributed by atoms with Gasteiger partial charge in [0.2, 0.25) is 5.16 Å². The van der Waals surface area contributed by atoms with E-state index in [-0.39, 0.29) is 0 Å². The fraction of sp³-hybridized carbons (Fsp3) is 0.350. The Labute approximate surface area is 169 Å². The molecule has 0 amide bonds. The Morgan fingerprint density at radius 1 is 1.11 bits per heavy atom. The van der Waals surface area contributed by atoms with Gasteiger partial charge in [-0.1, -0.05) is 48.2 Å². The molecule has 28 heavy (non-hydrogen) atoms. The first-order valence-electron chi connectivity index (χ1n) is 9.27. The zero-order valence-electron chi connectivity index (χ0n) is 16.2. The molecule has 0 bridgehead atoms. The second-order valence-corrected chi connectivity index (χ2v) is 7.35. The van der Waals surface area contributed by atoms with Crippen LogP contribution in [0.25, 0.3) is 0 Å². The van der Waals surface area contributed by atoms with Crippen LogP contribution in [0.1, 0.15) is 17.5 Å². The fourth-order valence-corrected chi connectivity index (χ4v) is 3.58. The molecular weight excluding hydrogens is 374 g/mol. The molecule has 0 saturated heterocycles. The number of tetrazole rings is 1. The highest BCUT2D eigenvalue weighted by atomic mass is 32.2. The molecule has 8 heteroatoms. The number of hydrogen-bond donors (Lipinski definition) is 1. The third-order valence-corrected chi connectivity index (χ3v) is 5.33. The quantitative estimate of drug-likeness (QED) is 0.392. The Balaban J connectivity index is 1.49. The summed E-state index contributed by atoms with van der Waals surface area (Å²) in [5.74, 6) is 2.58. The molecule has 2 N–H and O–H groups in total. The highest BCUT2D eigenvalue weighted by Crippen LogP contribution is 2.31. The van der Waals surface area contributed by atoms with Gasteiger partial charge in [-0.2, -0.15) is 0 Å². The number of rotatable bonds is 11. The number of aromatic nitrogens is 4. The number of benzene rings is 2. The van der Waals surface area contributed by atoms with Gasteiger partial charge in [-0.25, -0.2) is 4.68 Å². The van der Waals surface area contributed by atoms with Gasteiger partial charge >= 0.3 is 0 Å². The zero-order valence-corrected chi connectivity index (χ0v) is 17.1. The molecule has 2 aromatic carbocycles. The number of ether oxygens (including phenoxy) is 2. The van der Waals surface area contributed by atoms with Crippen LogP contribution in [0.5, 0.6) is 11.5 Å². The summed E-state index contributed by atoms with van der Waals surface area (Å²) in [6.07, 6.45) is 1.07. The van der Waals surface area contributed by atoms with Gasteiger partial charge in [0, 0.05) is 19.2 Å². The van der Waals surface area contributed by atoms with E-state index >= 15 is 0 Å². The highest BCUT2D eigenvalue weighted by molar-refractivity contribution is 7.99. The normalized spacial score (nSPS) is 10.8. The molecule has 7 nitrogen and oxygen atoms in total. The maximum Gasteiger partial charge on any atom is 0.209 e. The summed E-state index contributed by atoms with van der Waals surface area (Å²) in [7, 11) is 3.53. The van der Waals surface area contributed by atoms with Crippen LogP contribution in [0.15, 0.2) is 53.7 Å². The number of hydrogen-bond acceptors (Lipinski definition) is 6. The third-order valence-electron chi connectivity index (χ3n) is 4.24. The van der Waals surface area contributed by atoms with Crippen molar-refractivity contribution in [2.24, 2.45) is 7.05 Å². The smallest absolute Gasteiger partial charge is 0.209 e. The number of aryl methyl sites for hydroxylation is 1. The standard InChI is InChI=1S/C20H25N5O2S/c1-25-20(22-23-24-25)28-13-7-12-21-14-17-10-6-11-18(26-2)19(17)27-15-16-8-4-3-5-9-16/h3-6,8-11,21H,7,12-15H2,1-2H3/p+1. The molecule has 0 aliphatic carbocycles. The molecule has 1 heterocycles. The first kappa shape index (κ1) is 20.2. The lowest BCUT2D eigenvalue weighted by molar-refractivity contribution is -0.670. The van der Waals surface area contributed by atoms with Crippen LogP contribution in [-0.2, 0) is 20.2 Å². The molecule has 0 unspecified atom stereocenters. The molecule has 3 rings (SSSR count). The van der Waals surface area contributed by atoms with Crippen molar-refractivity contribution < 1.29 is 14.8 Å². The average Bonchev–Trinajstić information content (AvgIpc) is 3.14. The molecule has 3 aromatic rings. The maximum absolute atomic E-state index is 6.11. The van der Waals surface area contributed by atoms with Crippen LogP contribution in [0.4, 0.5) is 0 Å². The van der Waals surface area contributed by atoms with Crippen molar-refractivity contribution in [3.63, 3.8) is 0 Å². The molecule has 0 aliphatic heterocycles. The van der Waals surface area contributed by atoms with Gasteiger partial charge in [0.15, 0.2) is 11.5 Å². The summed E-state index contributed by atoms with van der Waals surface area (Å²) >= 11 is 1.68. The van der Waals surface area contributed by atoms with Crippen molar-refractivity contribution in [3.8, 4) is 11.5 Å². The van der Waals surface area contributed by atoms with E-state index in [0.29, 0.717) is 6.61 Å². The van der Waals surface area contributed by atoms with Crippen molar-refractivity contribution in [1.82, 2.24) is 20.2 Å². The van der Waals surface area contributed by atoms with E-state index in [4.69, 9.17) is 9.47 Å². The number of methoxy groups -OCH3 is 1. The summed E-state index contributed by atoms with van der Waals surface area (Å²) in [4.78, 5) is 0. The number of para-hydroxylation sites is 1. The Kier molecular flexibility index (Phi) is 7.69. The van der Waals surface area contributed by atoms with Gasteiger partial charge < -0.3 is 14.8 Å². The SMILES string of the molecule is COc1cccc(C[NH2+]CCCSc2nnnn2C)c1OCc1ccccc1. The lowest BCUT2D eigenvalue weighted by atomic mass is 10.1. The molecule has 1 aromatic heterocycles. The Bertz CT molecular complexity index is 857. The van der Waals surface area contributed by atoms with Gasteiger partial charge in [-0.15, -0.1) is 5.10 Å². The van der Waals surface area contributed by atoms with Gasteiger partial charge in [-0.3, -0.25) is 0 Å². The zero-order chi connectivity index (χ0) is 19.6. The lowest BCUT2D eigenvalue weighted by Crippen LogP contribution is -2.82. The van der Waals surface area contributed by atoms with Crippen LogP contribution in [0.2, 0.25) is 0 Å². The van der Waals surface area contributed by atoms with E-state index in [1.165, 1.54) is 0 Å². The summed E-state index contributed by atoms with van der Waals surface area (Å²) in [6, 6.07) is 16.2. The molecule has 148 valence electrons. The van der Waals surface area contributed by atoms with E-state index < -0.39 is 0 Å². The first-order chi connectivity index (χ1) is 13.8. The molecule has 0 spiro atoms. The minimum Gasteiger partial charge on any atom is -0.493 e. The Hall–Kier alpha value is -2.58. The van der Waals surface area contributed by atoms with Crippen LogP contribution in [0, 0.1) is 0 Å². The number of nitrogens with two attached hydrogens (primary N) is 1. The summed E-state index contributed by atoms with van der Waals surface area (Å²) < 4.78 is 13.3. The summed E-state index contributed by atoms with van der Waals surface area (Å²) in [6.45, 7) is 2.39. The third kappa shape index (κ3) is 5.71. The largest absolute Gasteiger partial charge is 0.493 e. The van der Waals surface area contributed by atoms with E-state index in [2.05, 4.69) is 39.0 Å². The van der Waals surface area contributed by atoms with Crippen molar-refractivity contribution in [2.75, 3.05) is 19.4 Å². The second-order valence-electron chi connectivity index (χ2n) is 6.29. The van der Waals surface area contributed by atoms with Gasteiger partial charge in [0.05, 0.1) is 19.2 Å². The van der Waals surface area contributed by atoms with Crippen LogP contribution >= 0.6 is 11.8 Å². The van der Waals surface area contributed by atoms with Crippen LogP contribution in [0.3, 0.4) is 0 Å². The van der Waals surface area contributed by atoms with E-state index in [1.807, 2.05) is 37.4 Å². The van der Waals surface area contributed by atoms with E-state index in [1.54, 1.807) is 23.6 Å². The Morgan fingerprint density at radius 2 is 1.96 bits per heavy atom. The predicted octanol–water partition coefficient (Wildman–Crippen LogP) is 2.04. The van der Waals surface area contributed by atoms with E-state index in [9.17, 15) is 0 Å². The fourth-order valence-electron chi connectivity index (χ4n) is 2.77. The predicted molar refractivity (Wildman–Crippen MR) is 108 cm³/mol. The van der Waals surface area contributed by atoms with Gasteiger partial charge in [0.25, 0.3) is 0 Å². The van der Waals surface area contributed by atoms with Gasteiger partial charge in [0.1, 0.15) is 13.2 Å². The van der Waals surface area contributed by atoms with Crippen molar-refractivity contribution >= 4 is 11.8 Å². The molecule has 0 radical (unpaired) electrons. The monoisotopic (exact) mass is 400 g/mol. The first-order valence-corrected chi connectivity index (χ1v) is 10.3. The number of thioether (sulfide) groups is 1. The lowest BCUT2D eigenvalue weighted by Gasteiger charge is -2.14. The average molecular weight is 401 g/mol. The molecule has 0 atom stereocenters. The molecular formula is C20H26N5O2S+. The van der Waals surface area contributed by atoms with Crippen LogP contribution in [-0.4, -0.2) is 39.6 Å². The number of nitrogens with zero attached hydrogens (tertiary/aromatic N) is 4. The molecule has 0 saturated carbocycles. The number of quaternary nitrogens is 1. The summed E-state index contributed by atoms with van der Waals surface area (Å²) in [5.41, 5.74) is 2.28. The van der Waals surface area contributed by atoms with Crippen LogP contribution < -0.4 is 14.8 Å².